The average molecular weight is 209 g/mol. The first kappa shape index (κ1) is 9.87. The minimum atomic E-state index is 0.415. The maximum atomic E-state index is 5.60. The zero-order chi connectivity index (χ0) is 9.80. The minimum Gasteiger partial charge on any atom is -0.494 e. The van der Waals surface area contributed by atoms with Gasteiger partial charge in [0.2, 0.25) is 0 Å². The van der Waals surface area contributed by atoms with E-state index in [4.69, 9.17) is 4.74 Å². The molecule has 1 heterocycles. The fraction of sp³-hybridized carbons (Fsp3) is 0.455. The van der Waals surface area contributed by atoms with Gasteiger partial charge < -0.3 is 10.1 Å². The summed E-state index contributed by atoms with van der Waals surface area (Å²) in [4.78, 5) is 0. The molecule has 1 fully saturated rings. The molecule has 0 unspecified atom stereocenters. The first-order valence-electron chi connectivity index (χ1n) is 4.98. The van der Waals surface area contributed by atoms with Crippen molar-refractivity contribution in [1.29, 1.82) is 0 Å². The number of thioether (sulfide) groups is 1. The normalized spacial score (nSPS) is 21.1. The van der Waals surface area contributed by atoms with Crippen molar-refractivity contribution in [1.82, 2.24) is 5.32 Å². The van der Waals surface area contributed by atoms with Gasteiger partial charge in [0.15, 0.2) is 0 Å². The summed E-state index contributed by atoms with van der Waals surface area (Å²) in [5.74, 6) is 2.20. The molecule has 0 saturated carbocycles. The van der Waals surface area contributed by atoms with E-state index in [-0.39, 0.29) is 0 Å². The van der Waals surface area contributed by atoms with Crippen molar-refractivity contribution in [2.24, 2.45) is 0 Å². The standard InChI is InChI=1S/C11H15NOS/c1-2-13-10-6-4-3-5-9(10)11-12-7-8-14-11/h3-6,11-12H,2,7-8H2,1H3/t11-/m0/s1. The number of ether oxygens (including phenoxy) is 1. The van der Waals surface area contributed by atoms with Gasteiger partial charge in [-0.05, 0) is 13.0 Å². The maximum absolute atomic E-state index is 5.60. The number of rotatable bonds is 3. The van der Waals surface area contributed by atoms with Gasteiger partial charge in [0.25, 0.3) is 0 Å². The van der Waals surface area contributed by atoms with Crippen LogP contribution in [0.3, 0.4) is 0 Å². The smallest absolute Gasteiger partial charge is 0.124 e. The predicted octanol–water partition coefficient (Wildman–Crippen LogP) is 2.42. The van der Waals surface area contributed by atoms with Gasteiger partial charge >= 0.3 is 0 Å². The van der Waals surface area contributed by atoms with Gasteiger partial charge in [-0.25, -0.2) is 0 Å². The number of para-hydroxylation sites is 1. The molecule has 0 aliphatic carbocycles. The topological polar surface area (TPSA) is 21.3 Å². The lowest BCUT2D eigenvalue weighted by Gasteiger charge is -2.14. The molecule has 1 aliphatic rings. The van der Waals surface area contributed by atoms with E-state index >= 15 is 0 Å². The van der Waals surface area contributed by atoms with E-state index < -0.39 is 0 Å². The van der Waals surface area contributed by atoms with E-state index in [1.807, 2.05) is 30.8 Å². The van der Waals surface area contributed by atoms with Crippen LogP contribution in [0.2, 0.25) is 0 Å². The number of nitrogens with one attached hydrogen (secondary N) is 1. The quantitative estimate of drug-likeness (QED) is 0.826. The molecule has 1 N–H and O–H groups in total. The van der Waals surface area contributed by atoms with Gasteiger partial charge in [0, 0.05) is 17.9 Å². The van der Waals surface area contributed by atoms with E-state index in [0.29, 0.717) is 5.37 Å². The van der Waals surface area contributed by atoms with Crippen LogP contribution in [-0.4, -0.2) is 18.9 Å². The fourth-order valence-corrected chi connectivity index (χ4v) is 2.69. The summed E-state index contributed by atoms with van der Waals surface area (Å²) in [5.41, 5.74) is 1.27. The molecule has 1 saturated heterocycles. The Balaban J connectivity index is 2.21. The molecule has 0 radical (unpaired) electrons. The van der Waals surface area contributed by atoms with Crippen LogP contribution in [0.5, 0.6) is 5.75 Å². The largest absolute Gasteiger partial charge is 0.494 e. The molecule has 0 aromatic heterocycles. The van der Waals surface area contributed by atoms with Crippen LogP contribution in [0, 0.1) is 0 Å². The Bertz CT molecular complexity index is 297. The molecule has 1 aliphatic heterocycles. The van der Waals surface area contributed by atoms with Crippen molar-refractivity contribution in [3.63, 3.8) is 0 Å². The summed E-state index contributed by atoms with van der Waals surface area (Å²) in [7, 11) is 0. The molecule has 3 heteroatoms. The zero-order valence-electron chi connectivity index (χ0n) is 8.32. The molecule has 2 rings (SSSR count). The molecule has 14 heavy (non-hydrogen) atoms. The maximum Gasteiger partial charge on any atom is 0.124 e. The van der Waals surface area contributed by atoms with Crippen molar-refractivity contribution in [2.75, 3.05) is 18.9 Å². The second-order valence-corrected chi connectivity index (χ2v) is 4.39. The van der Waals surface area contributed by atoms with E-state index in [1.54, 1.807) is 0 Å². The summed E-state index contributed by atoms with van der Waals surface area (Å²) in [6.45, 7) is 3.84. The Morgan fingerprint density at radius 3 is 3.07 bits per heavy atom. The number of benzene rings is 1. The molecule has 0 spiro atoms. The highest BCUT2D eigenvalue weighted by Crippen LogP contribution is 2.35. The Kier molecular flexibility index (Phi) is 3.32. The van der Waals surface area contributed by atoms with Crippen LogP contribution >= 0.6 is 11.8 Å². The van der Waals surface area contributed by atoms with E-state index in [9.17, 15) is 0 Å². The summed E-state index contributed by atoms with van der Waals surface area (Å²) >= 11 is 1.94. The van der Waals surface area contributed by atoms with E-state index in [0.717, 1.165) is 18.9 Å². The van der Waals surface area contributed by atoms with Crippen LogP contribution in [0.25, 0.3) is 0 Å². The second-order valence-electron chi connectivity index (χ2n) is 3.18. The van der Waals surface area contributed by atoms with Crippen LogP contribution in [-0.2, 0) is 0 Å². The van der Waals surface area contributed by atoms with Gasteiger partial charge in [0.1, 0.15) is 5.75 Å². The van der Waals surface area contributed by atoms with Crippen LogP contribution < -0.4 is 10.1 Å². The summed E-state index contributed by atoms with van der Waals surface area (Å²) in [6.07, 6.45) is 0. The van der Waals surface area contributed by atoms with Crippen molar-refractivity contribution < 1.29 is 4.74 Å². The van der Waals surface area contributed by atoms with Crippen molar-refractivity contribution in [3.8, 4) is 5.75 Å². The molecule has 2 nitrogen and oxygen atoms in total. The van der Waals surface area contributed by atoms with Crippen LogP contribution in [0.4, 0.5) is 0 Å². The highest BCUT2D eigenvalue weighted by molar-refractivity contribution is 7.99. The van der Waals surface area contributed by atoms with Crippen molar-refractivity contribution in [2.45, 2.75) is 12.3 Å². The van der Waals surface area contributed by atoms with Crippen LogP contribution in [0.15, 0.2) is 24.3 Å². The lowest BCUT2D eigenvalue weighted by atomic mass is 10.2. The predicted molar refractivity (Wildman–Crippen MR) is 60.8 cm³/mol. The average Bonchev–Trinajstić information content (AvgIpc) is 2.72. The third-order valence-electron chi connectivity index (χ3n) is 2.22. The Hall–Kier alpha value is -0.670. The number of hydrogen-bond donors (Lipinski definition) is 1. The zero-order valence-corrected chi connectivity index (χ0v) is 9.14. The SMILES string of the molecule is CCOc1ccccc1[C@H]1NCCS1. The molecule has 1 aromatic rings. The lowest BCUT2D eigenvalue weighted by Crippen LogP contribution is -2.13. The van der Waals surface area contributed by atoms with Crippen molar-refractivity contribution in [3.05, 3.63) is 29.8 Å². The van der Waals surface area contributed by atoms with Gasteiger partial charge in [-0.15, -0.1) is 11.8 Å². The first-order valence-corrected chi connectivity index (χ1v) is 6.03. The summed E-state index contributed by atoms with van der Waals surface area (Å²) in [5, 5.41) is 3.87. The summed E-state index contributed by atoms with van der Waals surface area (Å²) in [6, 6.07) is 8.27. The molecule has 1 aromatic carbocycles. The number of hydrogen-bond acceptors (Lipinski definition) is 3. The molecular weight excluding hydrogens is 194 g/mol. The van der Waals surface area contributed by atoms with Gasteiger partial charge in [-0.2, -0.15) is 0 Å². The first-order chi connectivity index (χ1) is 6.92. The Morgan fingerprint density at radius 1 is 1.50 bits per heavy atom. The molecule has 0 bridgehead atoms. The molecule has 76 valence electrons. The van der Waals surface area contributed by atoms with Gasteiger partial charge in [-0.3, -0.25) is 0 Å². The Morgan fingerprint density at radius 2 is 2.36 bits per heavy atom. The third kappa shape index (κ3) is 2.04. The molecule has 1 atom stereocenters. The lowest BCUT2D eigenvalue weighted by molar-refractivity contribution is 0.335. The highest BCUT2D eigenvalue weighted by atomic mass is 32.2. The summed E-state index contributed by atoms with van der Waals surface area (Å²) < 4.78 is 5.60. The highest BCUT2D eigenvalue weighted by Gasteiger charge is 2.19. The monoisotopic (exact) mass is 209 g/mol. The van der Waals surface area contributed by atoms with Gasteiger partial charge in [0.05, 0.1) is 12.0 Å². The third-order valence-corrected chi connectivity index (χ3v) is 3.41. The van der Waals surface area contributed by atoms with E-state index in [2.05, 4.69) is 17.4 Å². The molecular formula is C11H15NOS. The fourth-order valence-electron chi connectivity index (χ4n) is 1.61. The van der Waals surface area contributed by atoms with E-state index in [1.165, 1.54) is 11.3 Å². The van der Waals surface area contributed by atoms with Crippen LogP contribution in [0.1, 0.15) is 17.9 Å². The second kappa shape index (κ2) is 4.71. The Labute approximate surface area is 89.0 Å². The molecule has 0 amide bonds. The minimum absolute atomic E-state index is 0.415. The van der Waals surface area contributed by atoms with Gasteiger partial charge in [-0.1, -0.05) is 18.2 Å². The van der Waals surface area contributed by atoms with Crippen molar-refractivity contribution >= 4 is 11.8 Å².